The summed E-state index contributed by atoms with van der Waals surface area (Å²) in [7, 11) is 0. The highest BCUT2D eigenvalue weighted by Gasteiger charge is 2.19. The second-order valence-corrected chi connectivity index (χ2v) is 15.4. The summed E-state index contributed by atoms with van der Waals surface area (Å²) in [6, 6.07) is 43.6. The first kappa shape index (κ1) is 49.7. The molecule has 7 rings (SSSR count). The summed E-state index contributed by atoms with van der Waals surface area (Å²) in [5.74, 6) is -1.04. The van der Waals surface area contributed by atoms with Gasteiger partial charge in [0.15, 0.2) is 0 Å². The molecule has 72 heavy (non-hydrogen) atoms. The summed E-state index contributed by atoms with van der Waals surface area (Å²) < 4.78 is 15.6. The second-order valence-electron chi connectivity index (χ2n) is 15.4. The number of nitriles is 3. The van der Waals surface area contributed by atoms with E-state index in [9.17, 15) is 30.2 Å². The van der Waals surface area contributed by atoms with Crippen LogP contribution < -0.4 is 16.0 Å². The lowest BCUT2D eigenvalue weighted by atomic mass is 10.0. The van der Waals surface area contributed by atoms with E-state index in [1.807, 2.05) is 91.0 Å². The largest absolute Gasteiger partial charge is 0.462 e. The van der Waals surface area contributed by atoms with E-state index < -0.39 is 17.9 Å². The van der Waals surface area contributed by atoms with Crippen molar-refractivity contribution in [3.63, 3.8) is 0 Å². The first-order valence-corrected chi connectivity index (χ1v) is 22.7. The van der Waals surface area contributed by atoms with Crippen LogP contribution in [0.1, 0.15) is 102 Å². The van der Waals surface area contributed by atoms with E-state index in [0.29, 0.717) is 33.8 Å². The molecule has 0 saturated carbocycles. The van der Waals surface area contributed by atoms with Crippen molar-refractivity contribution in [1.29, 1.82) is 15.8 Å². The van der Waals surface area contributed by atoms with Gasteiger partial charge in [0.05, 0.1) is 53.2 Å². The topological polar surface area (TPSA) is 225 Å². The zero-order valence-electron chi connectivity index (χ0n) is 39.3. The van der Waals surface area contributed by atoms with Crippen LogP contribution in [0.2, 0.25) is 0 Å². The normalized spacial score (nSPS) is 10.8. The van der Waals surface area contributed by atoms with E-state index in [0.717, 1.165) is 16.7 Å². The van der Waals surface area contributed by atoms with Crippen LogP contribution in [0.5, 0.6) is 0 Å². The third kappa shape index (κ3) is 12.7. The highest BCUT2D eigenvalue weighted by molar-refractivity contribution is 5.99. The molecular weight excluding hydrogens is 907 g/mol. The summed E-state index contributed by atoms with van der Waals surface area (Å²) in [5.41, 5.74) is 7.40. The maximum absolute atomic E-state index is 12.7. The van der Waals surface area contributed by atoms with Crippen molar-refractivity contribution in [3.05, 3.63) is 194 Å². The van der Waals surface area contributed by atoms with E-state index in [4.69, 9.17) is 14.2 Å². The molecule has 7 aromatic rings. The summed E-state index contributed by atoms with van der Waals surface area (Å²) >= 11 is 0. The van der Waals surface area contributed by atoms with Gasteiger partial charge in [-0.25, -0.2) is 14.4 Å². The van der Waals surface area contributed by atoms with E-state index >= 15 is 0 Å². The first-order chi connectivity index (χ1) is 35.1. The predicted octanol–water partition coefficient (Wildman–Crippen LogP) is 11.8. The van der Waals surface area contributed by atoms with Crippen LogP contribution in [0.4, 0.5) is 34.9 Å². The average molecular weight is 952 g/mol. The minimum absolute atomic E-state index is 0.179. The smallest absolute Gasteiger partial charge is 0.340 e. The molecule has 15 nitrogen and oxygen atoms in total. The molecule has 0 radical (unpaired) electrons. The number of benzene rings is 6. The van der Waals surface area contributed by atoms with Crippen molar-refractivity contribution in [2.45, 2.75) is 20.8 Å². The first-order valence-electron chi connectivity index (χ1n) is 22.7. The van der Waals surface area contributed by atoms with Crippen LogP contribution in [0.15, 0.2) is 127 Å². The number of anilines is 6. The number of carbonyl (C=O) groups excluding carboxylic acids is 3. The maximum atomic E-state index is 12.7. The van der Waals surface area contributed by atoms with Gasteiger partial charge in [-0.05, 0) is 109 Å². The molecule has 0 amide bonds. The van der Waals surface area contributed by atoms with Gasteiger partial charge in [0, 0.05) is 17.1 Å². The highest BCUT2D eigenvalue weighted by Crippen LogP contribution is 2.26. The summed E-state index contributed by atoms with van der Waals surface area (Å²) in [4.78, 5) is 52.2. The van der Waals surface area contributed by atoms with Crippen molar-refractivity contribution in [2.24, 2.45) is 0 Å². The monoisotopic (exact) mass is 951 g/mol. The Labute approximate surface area is 416 Å². The zero-order chi connectivity index (χ0) is 50.8. The molecule has 0 aliphatic heterocycles. The molecule has 3 N–H and O–H groups in total. The molecule has 0 spiro atoms. The Morgan fingerprint density at radius 1 is 0.417 bits per heavy atom. The average Bonchev–Trinajstić information content (AvgIpc) is 3.39. The third-order valence-electron chi connectivity index (χ3n) is 10.6. The molecule has 0 aliphatic rings. The summed E-state index contributed by atoms with van der Waals surface area (Å²) in [6.07, 6.45) is 10.8. The van der Waals surface area contributed by atoms with E-state index in [-0.39, 0.29) is 71.0 Å². The summed E-state index contributed by atoms with van der Waals surface area (Å²) in [5, 5.41) is 38.7. The van der Waals surface area contributed by atoms with Gasteiger partial charge >= 0.3 is 17.9 Å². The van der Waals surface area contributed by atoms with Crippen molar-refractivity contribution >= 4 is 89.3 Å². The number of rotatable bonds is 18. The Hall–Kier alpha value is -10.2. The second kappa shape index (κ2) is 24.2. The lowest BCUT2D eigenvalue weighted by molar-refractivity contribution is 0.0516. The Kier molecular flexibility index (Phi) is 16.7. The number of hydrogen-bond donors (Lipinski definition) is 3. The lowest BCUT2D eigenvalue weighted by Gasteiger charge is -2.12. The maximum Gasteiger partial charge on any atom is 0.340 e. The molecule has 0 fully saturated rings. The molecule has 0 unspecified atom stereocenters. The van der Waals surface area contributed by atoms with Crippen LogP contribution in [0.3, 0.4) is 0 Å². The van der Waals surface area contributed by atoms with Gasteiger partial charge in [0.1, 0.15) is 18.2 Å². The molecule has 354 valence electrons. The lowest BCUT2D eigenvalue weighted by Crippen LogP contribution is -2.09. The number of nitrogens with one attached hydrogen (secondary N) is 3. The highest BCUT2D eigenvalue weighted by atomic mass is 16.5. The van der Waals surface area contributed by atoms with Crippen LogP contribution in [0, 0.1) is 34.0 Å². The zero-order valence-corrected chi connectivity index (χ0v) is 39.3. The van der Waals surface area contributed by atoms with Gasteiger partial charge in [-0.15, -0.1) is 0 Å². The van der Waals surface area contributed by atoms with Gasteiger partial charge in [-0.3, -0.25) is 0 Å². The van der Waals surface area contributed by atoms with Crippen LogP contribution >= 0.6 is 0 Å². The van der Waals surface area contributed by atoms with E-state index in [1.165, 1.54) is 0 Å². The molecule has 0 aliphatic carbocycles. The number of hydrogen-bond acceptors (Lipinski definition) is 15. The van der Waals surface area contributed by atoms with Crippen LogP contribution in [-0.2, 0) is 14.2 Å². The molecule has 1 heterocycles. The Morgan fingerprint density at radius 2 is 0.681 bits per heavy atom. The van der Waals surface area contributed by atoms with Crippen molar-refractivity contribution in [3.8, 4) is 18.2 Å². The SMILES string of the molecule is CCOC(=O)c1c(C#N)cccc1/C=C/c1ccc(Nc2nc(Nc3ccc(/C=C/c4cccc(C#N)c4C(=O)OCC)cc3)nc(Nc3ccc(/C=C/c4cccc(C#N)c4C(=O)OCC)cc3)n2)cc1. The molecule has 15 heteroatoms. The molecule has 6 aromatic carbocycles. The summed E-state index contributed by atoms with van der Waals surface area (Å²) in [6.45, 7) is 5.67. The number of ether oxygens (including phenoxy) is 3. The quantitative estimate of drug-likeness (QED) is 0.0413. The number of carbonyl (C=O) groups is 3. The number of esters is 3. The standard InChI is InChI=1S/C57H45N9O6/c1-4-70-52(67)49-40(10-7-13-43(49)34-58)25-16-37-19-28-46(29-20-37)61-55-64-56(62-47-30-21-38(22-31-47)17-26-41-11-8-14-44(35-59)50(41)53(68)71-5-2)66-57(65-55)63-48-32-23-39(24-33-48)18-27-42-12-9-15-45(36-60)51(42)54(69)72-6-3/h7-33H,4-6H2,1-3H3,(H3,61,62,63,64,65,66)/b25-16+,26-17+,27-18+. The molecule has 0 bridgehead atoms. The molecule has 0 saturated heterocycles. The molecular formula is C57H45N9O6. The molecule has 0 atom stereocenters. The van der Waals surface area contributed by atoms with Gasteiger partial charge in [-0.1, -0.05) is 109 Å². The minimum atomic E-state index is -0.567. The number of nitrogens with zero attached hydrogens (tertiary/aromatic N) is 6. The van der Waals surface area contributed by atoms with Crippen molar-refractivity contribution in [2.75, 3.05) is 35.8 Å². The Morgan fingerprint density at radius 3 is 0.917 bits per heavy atom. The Bertz CT molecular complexity index is 2980. The van der Waals surface area contributed by atoms with Crippen LogP contribution in [-0.4, -0.2) is 52.7 Å². The van der Waals surface area contributed by atoms with Crippen molar-refractivity contribution in [1.82, 2.24) is 15.0 Å². The van der Waals surface area contributed by atoms with Gasteiger partial charge in [-0.2, -0.15) is 30.7 Å². The fourth-order valence-electron chi connectivity index (χ4n) is 7.22. The minimum Gasteiger partial charge on any atom is -0.462 e. The van der Waals surface area contributed by atoms with Crippen molar-refractivity contribution < 1.29 is 28.6 Å². The fraction of sp³-hybridized carbons (Fsp3) is 0.105. The fourth-order valence-corrected chi connectivity index (χ4v) is 7.22. The molecule has 1 aromatic heterocycles. The van der Waals surface area contributed by atoms with Crippen LogP contribution in [0.25, 0.3) is 36.5 Å². The van der Waals surface area contributed by atoms with Gasteiger partial charge in [0.25, 0.3) is 0 Å². The van der Waals surface area contributed by atoms with Gasteiger partial charge < -0.3 is 30.2 Å². The third-order valence-corrected chi connectivity index (χ3v) is 10.6. The Balaban J connectivity index is 1.13. The van der Waals surface area contributed by atoms with Gasteiger partial charge in [0.2, 0.25) is 17.8 Å². The predicted molar refractivity (Wildman–Crippen MR) is 277 cm³/mol. The number of aromatic nitrogens is 3. The van der Waals surface area contributed by atoms with E-state index in [1.54, 1.807) is 93.6 Å². The van der Waals surface area contributed by atoms with E-state index in [2.05, 4.69) is 49.1 Å².